The van der Waals surface area contributed by atoms with Gasteiger partial charge in [0.2, 0.25) is 0 Å². The lowest BCUT2D eigenvalue weighted by Crippen LogP contribution is -2.09. The number of benzene rings is 4. The lowest BCUT2D eigenvalue weighted by molar-refractivity contribution is 0.475. The van der Waals surface area contributed by atoms with Crippen LogP contribution in [0.3, 0.4) is 0 Å². The molecule has 0 aromatic heterocycles. The number of phenolic OH excluding ortho intramolecular Hbond substituents is 4. The number of aromatic hydroxyl groups is 4. The van der Waals surface area contributed by atoms with Crippen molar-refractivity contribution in [3.8, 4) is 47.3 Å². The highest BCUT2D eigenvalue weighted by molar-refractivity contribution is 5.59. The molecule has 4 rings (SSSR count). The van der Waals surface area contributed by atoms with E-state index in [1.165, 1.54) is 48.5 Å². The fourth-order valence-corrected chi connectivity index (χ4v) is 2.85. The van der Waals surface area contributed by atoms with Crippen LogP contribution in [0.2, 0.25) is 0 Å². The smallest absolute Gasteiger partial charge is 0.491 e. The molecule has 0 spiro atoms. The van der Waals surface area contributed by atoms with E-state index in [9.17, 15) is 20.4 Å². The van der Waals surface area contributed by atoms with E-state index in [0.717, 1.165) is 0 Å². The summed E-state index contributed by atoms with van der Waals surface area (Å²) < 4.78 is 0. The van der Waals surface area contributed by atoms with Crippen molar-refractivity contribution in [1.82, 2.24) is 0 Å². The monoisotopic (exact) mass is 504 g/mol. The second kappa shape index (κ2) is 12.1. The fourth-order valence-electron chi connectivity index (χ4n) is 2.85. The van der Waals surface area contributed by atoms with Crippen molar-refractivity contribution in [2.75, 3.05) is 0 Å². The standard InChI is InChI=1S/C29H16N4O4.CH4/c34-25-9-1-21(2-10-25)30-17-29(18-31-22-3-11-26(35)12-4-22,19-32-23-5-13-27(36)14-6-23)20-33-24-7-15-28(37)16-8-24;/h1-16H;1H4/p+4. The Morgan fingerprint density at radius 1 is 0.368 bits per heavy atom. The van der Waals surface area contributed by atoms with Crippen molar-refractivity contribution in [2.24, 2.45) is 5.41 Å². The zero-order chi connectivity index (χ0) is 26.1. The van der Waals surface area contributed by atoms with Crippen LogP contribution in [0.15, 0.2) is 97.1 Å². The molecule has 38 heavy (non-hydrogen) atoms. The molecular formula is C30H24N4O4+4. The molecule has 0 radical (unpaired) electrons. The quantitative estimate of drug-likeness (QED) is 0.194. The number of hydrogen-bond acceptors (Lipinski definition) is 4. The van der Waals surface area contributed by atoms with E-state index in [0.29, 0.717) is 22.7 Å². The lowest BCUT2D eigenvalue weighted by Gasteiger charge is -1.85. The molecule has 0 heterocycles. The lowest BCUT2D eigenvalue weighted by atomic mass is 9.96. The second-order valence-corrected chi connectivity index (χ2v) is 7.71. The Kier molecular flexibility index (Phi) is 8.51. The zero-order valence-electron chi connectivity index (χ0n) is 19.3. The highest BCUT2D eigenvalue weighted by Crippen LogP contribution is 2.26. The third-order valence-electron chi connectivity index (χ3n) is 4.81. The topological polar surface area (TPSA) is 98.4 Å². The maximum absolute atomic E-state index is 9.58. The summed E-state index contributed by atoms with van der Waals surface area (Å²) >= 11 is 0. The van der Waals surface area contributed by atoms with Gasteiger partial charge in [0.05, 0.1) is 0 Å². The Morgan fingerprint density at radius 3 is 0.737 bits per heavy atom. The van der Waals surface area contributed by atoms with Crippen LogP contribution < -0.4 is 0 Å². The van der Waals surface area contributed by atoms with Gasteiger partial charge in [0.1, 0.15) is 23.0 Å². The van der Waals surface area contributed by atoms with Crippen LogP contribution in [-0.2, 0) is 0 Å². The molecule has 8 nitrogen and oxygen atoms in total. The predicted octanol–water partition coefficient (Wildman–Crippen LogP) is 8.09. The van der Waals surface area contributed by atoms with E-state index < -0.39 is 5.41 Å². The van der Waals surface area contributed by atoms with Crippen molar-refractivity contribution in [1.29, 1.82) is 0 Å². The van der Waals surface area contributed by atoms with Crippen molar-refractivity contribution < 1.29 is 20.4 Å². The Labute approximate surface area is 219 Å². The van der Waals surface area contributed by atoms with Gasteiger partial charge in [-0.2, -0.15) is 0 Å². The summed E-state index contributed by atoms with van der Waals surface area (Å²) in [6, 6.07) is 36.2. The average molecular weight is 505 g/mol. The molecule has 0 aliphatic carbocycles. The van der Waals surface area contributed by atoms with Gasteiger partial charge in [-0.25, -0.2) is 0 Å². The van der Waals surface area contributed by atoms with E-state index in [1.807, 2.05) is 0 Å². The predicted molar refractivity (Wildman–Crippen MR) is 149 cm³/mol. The summed E-state index contributed by atoms with van der Waals surface area (Å²) in [6.45, 7) is 0. The SMILES string of the molecule is C.Oc1ccc([N+]#CC(C#[N+]c2ccc(O)cc2)(C#[N+]c2ccc(O)cc2)C#[N+]c2ccc(O)cc2)cc1. The number of rotatable bonds is 0. The molecule has 0 atom stereocenters. The van der Waals surface area contributed by atoms with Gasteiger partial charge in [0, 0.05) is 48.5 Å². The van der Waals surface area contributed by atoms with Gasteiger partial charge < -0.3 is 20.4 Å². The molecule has 0 saturated carbocycles. The maximum atomic E-state index is 9.58. The molecule has 0 fully saturated rings. The fraction of sp³-hybridized carbons (Fsp3) is 0.0667. The Bertz CT molecular complexity index is 1390. The van der Waals surface area contributed by atoms with E-state index in [2.05, 4.69) is 43.7 Å². The molecule has 4 aromatic rings. The van der Waals surface area contributed by atoms with Gasteiger partial charge >= 0.3 is 52.4 Å². The van der Waals surface area contributed by atoms with Crippen LogP contribution in [0, 0.1) is 29.7 Å². The number of nitrogens with zero attached hydrogens (tertiary/aromatic N) is 4. The van der Waals surface area contributed by atoms with Gasteiger partial charge in [0.25, 0.3) is 0 Å². The number of phenols is 4. The molecule has 8 heteroatoms. The normalized spacial score (nSPS) is 9.47. The Hall–Kier alpha value is -5.96. The first-order valence-electron chi connectivity index (χ1n) is 11.0. The van der Waals surface area contributed by atoms with Gasteiger partial charge in [-0.3, -0.25) is 0 Å². The van der Waals surface area contributed by atoms with E-state index >= 15 is 0 Å². The van der Waals surface area contributed by atoms with Crippen molar-refractivity contribution in [3.05, 3.63) is 116 Å². The number of hydrogen-bond donors (Lipinski definition) is 4. The minimum atomic E-state index is -1.62. The van der Waals surface area contributed by atoms with Gasteiger partial charge in [-0.05, 0) is 67.9 Å². The summed E-state index contributed by atoms with van der Waals surface area (Å²) in [7, 11) is 0. The van der Waals surface area contributed by atoms with Crippen molar-refractivity contribution in [2.45, 2.75) is 7.43 Å². The van der Waals surface area contributed by atoms with Gasteiger partial charge in [-0.1, -0.05) is 7.43 Å². The van der Waals surface area contributed by atoms with E-state index in [1.54, 1.807) is 48.5 Å². The summed E-state index contributed by atoms with van der Waals surface area (Å²) in [4.78, 5) is 17.4. The molecular weight excluding hydrogens is 480 g/mol. The summed E-state index contributed by atoms with van der Waals surface area (Å²) in [5.74, 6) is 0.358. The summed E-state index contributed by atoms with van der Waals surface area (Å²) in [6.07, 6.45) is 0. The third kappa shape index (κ3) is 7.52. The molecule has 0 bridgehead atoms. The maximum Gasteiger partial charge on any atom is 0.491 e. The highest BCUT2D eigenvalue weighted by atomic mass is 16.3. The molecule has 4 N–H and O–H groups in total. The van der Waals surface area contributed by atoms with Crippen LogP contribution in [0.5, 0.6) is 23.0 Å². The van der Waals surface area contributed by atoms with E-state index in [4.69, 9.17) is 0 Å². The van der Waals surface area contributed by atoms with Crippen LogP contribution in [0.1, 0.15) is 7.43 Å². The highest BCUT2D eigenvalue weighted by Gasteiger charge is 2.52. The molecule has 0 aliphatic rings. The van der Waals surface area contributed by atoms with Gasteiger partial charge in [-0.15, -0.1) is 0 Å². The van der Waals surface area contributed by atoms with Crippen molar-refractivity contribution in [3.63, 3.8) is 0 Å². The molecule has 184 valence electrons. The molecule has 0 amide bonds. The minimum absolute atomic E-state index is 0. The molecule has 4 aromatic carbocycles. The average Bonchev–Trinajstić information content (AvgIpc) is 2.91. The van der Waals surface area contributed by atoms with Crippen LogP contribution >= 0.6 is 0 Å². The minimum Gasteiger partial charge on any atom is -0.508 e. The molecule has 0 unspecified atom stereocenters. The van der Waals surface area contributed by atoms with Gasteiger partial charge in [0.15, 0.2) is 0 Å². The van der Waals surface area contributed by atoms with Crippen LogP contribution in [0.4, 0.5) is 22.7 Å². The largest absolute Gasteiger partial charge is 0.508 e. The van der Waals surface area contributed by atoms with E-state index in [-0.39, 0.29) is 30.4 Å². The second-order valence-electron chi connectivity index (χ2n) is 7.71. The van der Waals surface area contributed by atoms with Crippen LogP contribution in [0.25, 0.3) is 19.4 Å². The third-order valence-corrected chi connectivity index (χ3v) is 4.81. The summed E-state index contributed by atoms with van der Waals surface area (Å²) in [5.41, 5.74) is 0.293. The van der Waals surface area contributed by atoms with Crippen molar-refractivity contribution >= 4 is 22.7 Å². The Balaban J connectivity index is 0.00000400. The molecule has 0 aliphatic heterocycles. The zero-order valence-corrected chi connectivity index (χ0v) is 19.3. The Morgan fingerprint density at radius 2 is 0.553 bits per heavy atom. The van der Waals surface area contributed by atoms with Crippen LogP contribution in [-0.4, -0.2) is 20.4 Å². The first-order valence-corrected chi connectivity index (χ1v) is 11.0. The first kappa shape index (κ1) is 26.6. The first-order chi connectivity index (χ1) is 17.9. The summed E-state index contributed by atoms with van der Waals surface area (Å²) in [5, 5.41) is 38.3. The molecule has 0 saturated heterocycles.